The monoisotopic (exact) mass is 585 g/mol. The van der Waals surface area contributed by atoms with Gasteiger partial charge in [0.1, 0.15) is 29.2 Å². The van der Waals surface area contributed by atoms with Gasteiger partial charge >= 0.3 is 0 Å². The molecular weight excluding hydrogens is 554 g/mol. The van der Waals surface area contributed by atoms with Crippen molar-refractivity contribution in [1.82, 2.24) is 9.55 Å². The molecule has 0 aliphatic rings. The van der Waals surface area contributed by atoms with E-state index in [1.807, 2.05) is 54.9 Å². The Morgan fingerprint density at radius 2 is 1.33 bits per heavy atom. The smallest absolute Gasteiger partial charge is 0.134 e. The molecule has 0 spiro atoms. The Kier molecular flexibility index (Phi) is 7.70. The standard InChI is InChI=1S/C40H31N3O2/c41-26-31-19-23-39-32(24-31)25-38(45-39)22-18-30-16-20-37(21-17-30)44-28-36-27-43(29-42-36)40(33-10-4-1-5-11-33,34-12-6-2-7-13-34)35-14-8-3-9-15-35/h1-17,19-21,23-25,27,29H,18,22,28H2. The van der Waals surface area contributed by atoms with Crippen molar-refractivity contribution >= 4 is 11.0 Å². The third-order valence-corrected chi connectivity index (χ3v) is 8.26. The topological polar surface area (TPSA) is 64.0 Å². The van der Waals surface area contributed by atoms with Gasteiger partial charge in [-0.1, -0.05) is 103 Å². The first-order valence-electron chi connectivity index (χ1n) is 15.1. The van der Waals surface area contributed by atoms with Gasteiger partial charge in [0, 0.05) is 18.0 Å². The number of nitrogens with zero attached hydrogens (tertiary/aromatic N) is 3. The van der Waals surface area contributed by atoms with Crippen LogP contribution < -0.4 is 4.74 Å². The zero-order valence-electron chi connectivity index (χ0n) is 24.7. The second-order valence-electron chi connectivity index (χ2n) is 11.1. The minimum Gasteiger partial charge on any atom is -0.487 e. The average Bonchev–Trinajstić information content (AvgIpc) is 3.76. The molecule has 0 amide bonds. The molecule has 0 saturated heterocycles. The van der Waals surface area contributed by atoms with Crippen molar-refractivity contribution in [2.75, 3.05) is 0 Å². The van der Waals surface area contributed by atoms with Crippen molar-refractivity contribution in [3.8, 4) is 11.8 Å². The summed E-state index contributed by atoms with van der Waals surface area (Å²) in [6.07, 6.45) is 5.62. The van der Waals surface area contributed by atoms with Gasteiger partial charge in [0.2, 0.25) is 0 Å². The summed E-state index contributed by atoms with van der Waals surface area (Å²) >= 11 is 0. The molecule has 2 heterocycles. The van der Waals surface area contributed by atoms with Crippen LogP contribution in [0.15, 0.2) is 156 Å². The van der Waals surface area contributed by atoms with Crippen LogP contribution in [0.25, 0.3) is 11.0 Å². The Bertz CT molecular complexity index is 1960. The van der Waals surface area contributed by atoms with E-state index in [1.54, 1.807) is 6.07 Å². The summed E-state index contributed by atoms with van der Waals surface area (Å²) in [5.74, 6) is 1.70. The van der Waals surface area contributed by atoms with Crippen molar-refractivity contribution in [2.45, 2.75) is 25.0 Å². The van der Waals surface area contributed by atoms with E-state index in [1.165, 1.54) is 5.56 Å². The number of hydrogen-bond acceptors (Lipinski definition) is 4. The number of hydrogen-bond donors (Lipinski definition) is 0. The summed E-state index contributed by atoms with van der Waals surface area (Å²) < 4.78 is 14.4. The van der Waals surface area contributed by atoms with Crippen LogP contribution in [-0.2, 0) is 25.0 Å². The van der Waals surface area contributed by atoms with Gasteiger partial charge in [-0.2, -0.15) is 5.26 Å². The molecule has 0 unspecified atom stereocenters. The lowest BCUT2D eigenvalue weighted by Crippen LogP contribution is -2.36. The molecule has 0 atom stereocenters. The summed E-state index contributed by atoms with van der Waals surface area (Å²) in [6, 6.07) is 49.6. The molecule has 0 aliphatic heterocycles. The Labute approximate surface area is 262 Å². The first-order valence-corrected chi connectivity index (χ1v) is 15.1. The SMILES string of the molecule is N#Cc1ccc2oc(CCc3ccc(OCc4cn(C(c5ccccc5)(c5ccccc5)c5ccccc5)cn4)cc3)cc2c1. The maximum Gasteiger partial charge on any atom is 0.134 e. The van der Waals surface area contributed by atoms with E-state index in [-0.39, 0.29) is 0 Å². The number of nitriles is 1. The quantitative estimate of drug-likeness (QED) is 0.151. The second-order valence-corrected chi connectivity index (χ2v) is 11.1. The predicted octanol–water partition coefficient (Wildman–Crippen LogP) is 8.71. The van der Waals surface area contributed by atoms with Gasteiger partial charge in [-0.15, -0.1) is 0 Å². The van der Waals surface area contributed by atoms with Gasteiger partial charge in [-0.25, -0.2) is 4.98 Å². The molecule has 2 aromatic heterocycles. The van der Waals surface area contributed by atoms with Crippen molar-refractivity contribution in [2.24, 2.45) is 0 Å². The number of ether oxygens (including phenoxy) is 1. The van der Waals surface area contributed by atoms with Gasteiger partial charge < -0.3 is 13.7 Å². The Balaban J connectivity index is 1.08. The van der Waals surface area contributed by atoms with Crippen LogP contribution in [0.3, 0.4) is 0 Å². The van der Waals surface area contributed by atoms with Gasteiger partial charge in [0.15, 0.2) is 0 Å². The van der Waals surface area contributed by atoms with Crippen LogP contribution in [0.1, 0.15) is 39.3 Å². The van der Waals surface area contributed by atoms with Crippen molar-refractivity contribution < 1.29 is 9.15 Å². The molecule has 5 heteroatoms. The lowest BCUT2D eigenvalue weighted by molar-refractivity contribution is 0.301. The molecule has 0 N–H and O–H groups in total. The minimum atomic E-state index is -0.603. The van der Waals surface area contributed by atoms with Crippen LogP contribution in [0.2, 0.25) is 0 Å². The molecule has 0 aliphatic carbocycles. The van der Waals surface area contributed by atoms with Crippen molar-refractivity contribution in [3.63, 3.8) is 0 Å². The highest BCUT2D eigenvalue weighted by atomic mass is 16.5. The van der Waals surface area contributed by atoms with Gasteiger partial charge in [0.05, 0.1) is 23.7 Å². The Morgan fingerprint density at radius 1 is 0.711 bits per heavy atom. The van der Waals surface area contributed by atoms with Crippen LogP contribution in [0, 0.1) is 11.3 Å². The van der Waals surface area contributed by atoms with E-state index in [4.69, 9.17) is 19.4 Å². The average molecular weight is 586 g/mol. The first kappa shape index (κ1) is 27.9. The number of benzene rings is 5. The fourth-order valence-corrected chi connectivity index (χ4v) is 6.08. The number of rotatable bonds is 10. The molecule has 5 aromatic carbocycles. The third kappa shape index (κ3) is 5.62. The van der Waals surface area contributed by atoms with E-state index >= 15 is 0 Å². The molecule has 218 valence electrons. The maximum absolute atomic E-state index is 9.15. The van der Waals surface area contributed by atoms with Gasteiger partial charge in [-0.05, 0) is 65.1 Å². The zero-order chi connectivity index (χ0) is 30.5. The molecule has 0 saturated carbocycles. The maximum atomic E-state index is 9.15. The van der Waals surface area contributed by atoms with E-state index in [9.17, 15) is 0 Å². The molecule has 5 nitrogen and oxygen atoms in total. The van der Waals surface area contributed by atoms with Crippen LogP contribution in [-0.4, -0.2) is 9.55 Å². The number of imidazole rings is 1. The molecule has 7 rings (SSSR count). The molecule has 7 aromatic rings. The van der Waals surface area contributed by atoms with Gasteiger partial charge in [0.25, 0.3) is 0 Å². The fourth-order valence-electron chi connectivity index (χ4n) is 6.08. The number of furan rings is 1. The number of aryl methyl sites for hydroxylation is 2. The molecule has 45 heavy (non-hydrogen) atoms. The number of fused-ring (bicyclic) bond motifs is 1. The fraction of sp³-hybridized carbons (Fsp3) is 0.100. The summed E-state index contributed by atoms with van der Waals surface area (Å²) in [5, 5.41) is 10.1. The van der Waals surface area contributed by atoms with Crippen LogP contribution in [0.5, 0.6) is 5.75 Å². The second kappa shape index (κ2) is 12.4. The van der Waals surface area contributed by atoms with Crippen LogP contribution >= 0.6 is 0 Å². The van der Waals surface area contributed by atoms with Crippen molar-refractivity contribution in [3.05, 3.63) is 191 Å². The lowest BCUT2D eigenvalue weighted by atomic mass is 9.77. The summed E-state index contributed by atoms with van der Waals surface area (Å²) in [6.45, 7) is 0.352. The summed E-state index contributed by atoms with van der Waals surface area (Å²) in [5.41, 5.74) is 6.34. The van der Waals surface area contributed by atoms with Gasteiger partial charge in [-0.3, -0.25) is 0 Å². The largest absolute Gasteiger partial charge is 0.487 e. The first-order chi connectivity index (χ1) is 22.2. The van der Waals surface area contributed by atoms with Crippen molar-refractivity contribution in [1.29, 1.82) is 5.26 Å². The minimum absolute atomic E-state index is 0.352. The molecular formula is C40H31N3O2. The highest BCUT2D eigenvalue weighted by molar-refractivity contribution is 5.79. The zero-order valence-corrected chi connectivity index (χ0v) is 24.7. The highest BCUT2D eigenvalue weighted by Crippen LogP contribution is 2.40. The highest BCUT2D eigenvalue weighted by Gasteiger charge is 2.38. The lowest BCUT2D eigenvalue weighted by Gasteiger charge is -2.37. The van der Waals surface area contributed by atoms with E-state index < -0.39 is 5.54 Å². The van der Waals surface area contributed by atoms with E-state index in [0.29, 0.717) is 12.2 Å². The van der Waals surface area contributed by atoms with E-state index in [0.717, 1.165) is 57.7 Å². The molecule has 0 fully saturated rings. The van der Waals surface area contributed by atoms with E-state index in [2.05, 4.69) is 102 Å². The summed E-state index contributed by atoms with van der Waals surface area (Å²) in [4.78, 5) is 4.79. The predicted molar refractivity (Wildman–Crippen MR) is 176 cm³/mol. The normalized spacial score (nSPS) is 11.4. The molecule has 0 bridgehead atoms. The number of aromatic nitrogens is 2. The molecule has 0 radical (unpaired) electrons. The van der Waals surface area contributed by atoms with Crippen LogP contribution in [0.4, 0.5) is 0 Å². The summed E-state index contributed by atoms with van der Waals surface area (Å²) in [7, 11) is 0. The third-order valence-electron chi connectivity index (χ3n) is 8.26. The Morgan fingerprint density at radius 3 is 1.93 bits per heavy atom. The Hall–Kier alpha value is -5.86.